The maximum absolute atomic E-state index is 12.2. The van der Waals surface area contributed by atoms with Crippen LogP contribution in [-0.4, -0.2) is 38.0 Å². The van der Waals surface area contributed by atoms with Crippen molar-refractivity contribution >= 4 is 15.9 Å². The number of amides is 1. The van der Waals surface area contributed by atoms with E-state index in [1.54, 1.807) is 0 Å². The molecule has 0 bridgehead atoms. The quantitative estimate of drug-likeness (QED) is 0.784. The molecule has 0 aliphatic rings. The molecule has 0 spiro atoms. The third kappa shape index (κ3) is 6.32. The molecule has 0 unspecified atom stereocenters. The molecule has 0 saturated heterocycles. The minimum atomic E-state index is -3.45. The topological polar surface area (TPSA) is 66.5 Å². The smallest absolute Gasteiger partial charge is 0.235 e. The lowest BCUT2D eigenvalue weighted by Gasteiger charge is -2.19. The normalized spacial score (nSPS) is 11.5. The van der Waals surface area contributed by atoms with Crippen LogP contribution in [0.25, 0.3) is 0 Å². The van der Waals surface area contributed by atoms with Crippen LogP contribution >= 0.6 is 0 Å². The zero-order valence-electron chi connectivity index (χ0n) is 14.6. The lowest BCUT2D eigenvalue weighted by molar-refractivity contribution is -0.121. The molecule has 2 aromatic rings. The number of hydrogen-bond donors (Lipinski definition) is 1. The number of hydrogen-bond acceptors (Lipinski definition) is 3. The Morgan fingerprint density at radius 3 is 2.32 bits per heavy atom. The SMILES string of the molecule is Cc1ccccc1CNC(=O)CN(CCc1ccccc1)S(C)(=O)=O. The minimum Gasteiger partial charge on any atom is -0.351 e. The van der Waals surface area contributed by atoms with Crippen LogP contribution in [0.1, 0.15) is 16.7 Å². The van der Waals surface area contributed by atoms with Crippen molar-refractivity contribution in [3.63, 3.8) is 0 Å². The largest absolute Gasteiger partial charge is 0.351 e. The Labute approximate surface area is 149 Å². The first-order valence-corrected chi connectivity index (χ1v) is 10.0. The van der Waals surface area contributed by atoms with Crippen molar-refractivity contribution < 1.29 is 13.2 Å². The van der Waals surface area contributed by atoms with E-state index in [0.29, 0.717) is 13.0 Å². The van der Waals surface area contributed by atoms with Gasteiger partial charge in [0.15, 0.2) is 0 Å². The van der Waals surface area contributed by atoms with Crippen molar-refractivity contribution in [3.05, 3.63) is 71.3 Å². The summed E-state index contributed by atoms with van der Waals surface area (Å²) in [5, 5.41) is 2.80. The zero-order chi connectivity index (χ0) is 18.3. The number of nitrogens with zero attached hydrogens (tertiary/aromatic N) is 1. The fourth-order valence-corrected chi connectivity index (χ4v) is 3.25. The van der Waals surface area contributed by atoms with E-state index in [2.05, 4.69) is 5.32 Å². The number of aryl methyl sites for hydroxylation is 1. The van der Waals surface area contributed by atoms with Crippen LogP contribution in [0.2, 0.25) is 0 Å². The number of nitrogens with one attached hydrogen (secondary N) is 1. The van der Waals surface area contributed by atoms with Gasteiger partial charge in [0.05, 0.1) is 12.8 Å². The second kappa shape index (κ2) is 8.78. The van der Waals surface area contributed by atoms with Crippen LogP contribution in [0.3, 0.4) is 0 Å². The first kappa shape index (κ1) is 19.1. The summed E-state index contributed by atoms with van der Waals surface area (Å²) in [6.45, 7) is 2.48. The summed E-state index contributed by atoms with van der Waals surface area (Å²) in [6.07, 6.45) is 1.70. The van der Waals surface area contributed by atoms with Gasteiger partial charge in [-0.15, -0.1) is 0 Å². The van der Waals surface area contributed by atoms with Crippen LogP contribution < -0.4 is 5.32 Å². The first-order valence-electron chi connectivity index (χ1n) is 8.16. The Kier molecular flexibility index (Phi) is 6.73. The van der Waals surface area contributed by atoms with Crippen molar-refractivity contribution in [2.45, 2.75) is 19.9 Å². The van der Waals surface area contributed by atoms with Crippen LogP contribution in [0, 0.1) is 6.92 Å². The van der Waals surface area contributed by atoms with Gasteiger partial charge in [-0.1, -0.05) is 54.6 Å². The molecular formula is C19H24N2O3S. The lowest BCUT2D eigenvalue weighted by Crippen LogP contribution is -2.41. The van der Waals surface area contributed by atoms with Gasteiger partial charge in [0.25, 0.3) is 0 Å². The summed E-state index contributed by atoms with van der Waals surface area (Å²) in [5.41, 5.74) is 3.15. The van der Waals surface area contributed by atoms with Crippen LogP contribution in [0.15, 0.2) is 54.6 Å². The summed E-state index contributed by atoms with van der Waals surface area (Å²) in [5.74, 6) is -0.304. The summed E-state index contributed by atoms with van der Waals surface area (Å²) in [4.78, 5) is 12.2. The molecule has 0 aromatic heterocycles. The molecule has 0 fully saturated rings. The predicted octanol–water partition coefficient (Wildman–Crippen LogP) is 2.12. The maximum atomic E-state index is 12.2. The highest BCUT2D eigenvalue weighted by atomic mass is 32.2. The summed E-state index contributed by atoms with van der Waals surface area (Å²) in [6, 6.07) is 17.4. The molecule has 2 rings (SSSR count). The Morgan fingerprint density at radius 2 is 1.68 bits per heavy atom. The van der Waals surface area contributed by atoms with E-state index in [-0.39, 0.29) is 19.0 Å². The average molecular weight is 360 g/mol. The van der Waals surface area contributed by atoms with Crippen LogP contribution in [-0.2, 0) is 27.8 Å². The van der Waals surface area contributed by atoms with Gasteiger partial charge >= 0.3 is 0 Å². The Morgan fingerprint density at radius 1 is 1.04 bits per heavy atom. The van der Waals surface area contributed by atoms with Gasteiger partial charge in [-0.3, -0.25) is 4.79 Å². The number of rotatable bonds is 8. The van der Waals surface area contributed by atoms with E-state index in [4.69, 9.17) is 0 Å². The van der Waals surface area contributed by atoms with Gasteiger partial charge in [0.1, 0.15) is 0 Å². The Balaban J connectivity index is 1.92. The fourth-order valence-electron chi connectivity index (χ4n) is 2.48. The molecule has 0 aliphatic carbocycles. The van der Waals surface area contributed by atoms with Crippen molar-refractivity contribution in [2.75, 3.05) is 19.3 Å². The van der Waals surface area contributed by atoms with Crippen molar-refractivity contribution in [2.24, 2.45) is 0 Å². The third-order valence-electron chi connectivity index (χ3n) is 4.02. The van der Waals surface area contributed by atoms with Gasteiger partial charge in [-0.2, -0.15) is 4.31 Å². The number of benzene rings is 2. The second-order valence-electron chi connectivity index (χ2n) is 6.04. The molecule has 5 nitrogen and oxygen atoms in total. The fraction of sp³-hybridized carbons (Fsp3) is 0.316. The maximum Gasteiger partial charge on any atom is 0.235 e. The molecule has 25 heavy (non-hydrogen) atoms. The van der Waals surface area contributed by atoms with E-state index in [9.17, 15) is 13.2 Å². The summed E-state index contributed by atoms with van der Waals surface area (Å²) >= 11 is 0. The molecular weight excluding hydrogens is 336 g/mol. The highest BCUT2D eigenvalue weighted by molar-refractivity contribution is 7.88. The molecule has 0 heterocycles. The third-order valence-corrected chi connectivity index (χ3v) is 5.27. The van der Waals surface area contributed by atoms with Gasteiger partial charge in [0.2, 0.25) is 15.9 Å². The number of sulfonamides is 1. The molecule has 0 radical (unpaired) electrons. The predicted molar refractivity (Wildman–Crippen MR) is 99.6 cm³/mol. The monoisotopic (exact) mass is 360 g/mol. The van der Waals surface area contributed by atoms with Gasteiger partial charge in [-0.25, -0.2) is 8.42 Å². The van der Waals surface area contributed by atoms with E-state index in [1.165, 1.54) is 4.31 Å². The summed E-state index contributed by atoms with van der Waals surface area (Å²) < 4.78 is 25.1. The zero-order valence-corrected chi connectivity index (χ0v) is 15.4. The summed E-state index contributed by atoms with van der Waals surface area (Å²) in [7, 11) is -3.45. The Hall–Kier alpha value is -2.18. The number of carbonyl (C=O) groups excluding carboxylic acids is 1. The highest BCUT2D eigenvalue weighted by Gasteiger charge is 2.19. The van der Waals surface area contributed by atoms with Gasteiger partial charge < -0.3 is 5.32 Å². The van der Waals surface area contributed by atoms with Crippen molar-refractivity contribution in [1.29, 1.82) is 0 Å². The molecule has 0 aliphatic heterocycles. The standard InChI is InChI=1S/C19H24N2O3S/c1-16-8-6-7-11-18(16)14-20-19(22)15-21(25(2,23)24)13-12-17-9-4-3-5-10-17/h3-11H,12-15H2,1-2H3,(H,20,22). The molecule has 1 amide bonds. The molecule has 1 N–H and O–H groups in total. The lowest BCUT2D eigenvalue weighted by atomic mass is 10.1. The Bertz CT molecular complexity index is 804. The average Bonchev–Trinajstić information content (AvgIpc) is 2.58. The van der Waals surface area contributed by atoms with E-state index >= 15 is 0 Å². The highest BCUT2D eigenvalue weighted by Crippen LogP contribution is 2.07. The molecule has 0 atom stereocenters. The minimum absolute atomic E-state index is 0.169. The van der Waals surface area contributed by atoms with E-state index in [1.807, 2.05) is 61.5 Å². The van der Waals surface area contributed by atoms with Crippen LogP contribution in [0.4, 0.5) is 0 Å². The molecule has 6 heteroatoms. The molecule has 0 saturated carbocycles. The van der Waals surface area contributed by atoms with Crippen LogP contribution in [0.5, 0.6) is 0 Å². The van der Waals surface area contributed by atoms with Gasteiger partial charge in [-0.05, 0) is 30.0 Å². The second-order valence-corrected chi connectivity index (χ2v) is 8.02. The van der Waals surface area contributed by atoms with Crippen molar-refractivity contribution in [1.82, 2.24) is 9.62 Å². The molecule has 2 aromatic carbocycles. The molecule has 134 valence electrons. The number of carbonyl (C=O) groups is 1. The van der Waals surface area contributed by atoms with E-state index in [0.717, 1.165) is 22.9 Å². The first-order chi connectivity index (χ1) is 11.9. The van der Waals surface area contributed by atoms with Crippen molar-refractivity contribution in [3.8, 4) is 0 Å². The van der Waals surface area contributed by atoms with Gasteiger partial charge in [0, 0.05) is 13.1 Å². The van der Waals surface area contributed by atoms with E-state index < -0.39 is 10.0 Å².